The number of thioether (sulfide) groups is 1. The van der Waals surface area contributed by atoms with Crippen LogP contribution in [-0.4, -0.2) is 29.2 Å². The number of hydrogen-bond donors (Lipinski definition) is 1. The molecule has 3 rings (SSSR count). The highest BCUT2D eigenvalue weighted by molar-refractivity contribution is 7.99. The molecule has 0 fully saturated rings. The van der Waals surface area contributed by atoms with Crippen molar-refractivity contribution in [2.45, 2.75) is 10.7 Å². The highest BCUT2D eigenvalue weighted by Crippen LogP contribution is 2.31. The second-order valence-electron chi connectivity index (χ2n) is 5.39. The number of hydrogen-bond acceptors (Lipinski definition) is 5. The minimum atomic E-state index is -2.61. The van der Waals surface area contributed by atoms with Gasteiger partial charge in [-0.15, -0.1) is 0 Å². The van der Waals surface area contributed by atoms with Gasteiger partial charge in [-0.05, 0) is 24.3 Å². The Labute approximate surface area is 157 Å². The van der Waals surface area contributed by atoms with Gasteiger partial charge in [0.2, 0.25) is 0 Å². The molecule has 0 radical (unpaired) electrons. The summed E-state index contributed by atoms with van der Waals surface area (Å²) in [6.45, 7) is -0.555. The molecule has 1 aromatic heterocycles. The molecule has 0 aliphatic heterocycles. The number of nitrogens with zero attached hydrogens (tertiary/aromatic N) is 1. The van der Waals surface area contributed by atoms with E-state index in [0.29, 0.717) is 17.3 Å². The molecule has 2 aromatic carbocycles. The Hall–Kier alpha value is -3.00. The van der Waals surface area contributed by atoms with Crippen LogP contribution in [0.25, 0.3) is 10.9 Å². The minimum absolute atomic E-state index is 0.0788. The third-order valence-corrected chi connectivity index (χ3v) is 4.31. The molecule has 0 saturated heterocycles. The number of aromatic nitrogens is 1. The number of carbonyl (C=O) groups is 2. The second-order valence-corrected chi connectivity index (χ2v) is 6.42. The standard InChI is InChI=1S/C19H14F2N2O3S/c20-19(21)27-16-8-4-3-7-14(16)23-17(24)11-26-18(25)15-10-9-12-5-1-2-6-13(12)22-15/h1-10,19H,11H2,(H,23,24). The van der Waals surface area contributed by atoms with Crippen LogP contribution in [0.1, 0.15) is 10.5 Å². The van der Waals surface area contributed by atoms with E-state index in [-0.39, 0.29) is 16.3 Å². The van der Waals surface area contributed by atoms with E-state index in [1.165, 1.54) is 18.2 Å². The Morgan fingerprint density at radius 3 is 2.59 bits per heavy atom. The quantitative estimate of drug-likeness (QED) is 0.502. The maximum Gasteiger partial charge on any atom is 0.357 e. The van der Waals surface area contributed by atoms with Crippen molar-refractivity contribution >= 4 is 40.2 Å². The van der Waals surface area contributed by atoms with Crippen molar-refractivity contribution in [2.24, 2.45) is 0 Å². The van der Waals surface area contributed by atoms with Crippen LogP contribution in [0.5, 0.6) is 0 Å². The predicted molar refractivity (Wildman–Crippen MR) is 99.0 cm³/mol. The zero-order valence-corrected chi connectivity index (χ0v) is 14.7. The van der Waals surface area contributed by atoms with E-state index < -0.39 is 24.2 Å². The Balaban J connectivity index is 1.61. The Kier molecular flexibility index (Phi) is 5.97. The van der Waals surface area contributed by atoms with Crippen molar-refractivity contribution in [1.82, 2.24) is 4.98 Å². The van der Waals surface area contributed by atoms with Crippen molar-refractivity contribution in [3.8, 4) is 0 Å². The van der Waals surface area contributed by atoms with Crippen LogP contribution in [0, 0.1) is 0 Å². The van der Waals surface area contributed by atoms with Gasteiger partial charge in [0.05, 0.1) is 11.2 Å². The first-order chi connectivity index (χ1) is 13.0. The number of fused-ring (bicyclic) bond motifs is 1. The molecular formula is C19H14F2N2O3S. The number of alkyl halides is 2. The molecule has 0 atom stereocenters. The maximum atomic E-state index is 12.6. The highest BCUT2D eigenvalue weighted by Gasteiger charge is 2.15. The van der Waals surface area contributed by atoms with E-state index in [1.54, 1.807) is 30.3 Å². The van der Waals surface area contributed by atoms with E-state index >= 15 is 0 Å². The molecule has 1 N–H and O–H groups in total. The van der Waals surface area contributed by atoms with Crippen LogP contribution < -0.4 is 5.32 Å². The van der Waals surface area contributed by atoms with Gasteiger partial charge in [-0.25, -0.2) is 9.78 Å². The van der Waals surface area contributed by atoms with Crippen LogP contribution in [-0.2, 0) is 9.53 Å². The Morgan fingerprint density at radius 1 is 1.04 bits per heavy atom. The van der Waals surface area contributed by atoms with Crippen molar-refractivity contribution in [3.05, 3.63) is 66.4 Å². The molecule has 138 valence electrons. The lowest BCUT2D eigenvalue weighted by Crippen LogP contribution is -2.21. The Morgan fingerprint density at radius 2 is 1.78 bits per heavy atom. The number of carbonyl (C=O) groups excluding carboxylic acids is 2. The van der Waals surface area contributed by atoms with E-state index in [9.17, 15) is 18.4 Å². The molecule has 8 heteroatoms. The zero-order chi connectivity index (χ0) is 19.2. The molecular weight excluding hydrogens is 374 g/mol. The number of halogens is 2. The van der Waals surface area contributed by atoms with Gasteiger partial charge in [0.25, 0.3) is 11.7 Å². The summed E-state index contributed by atoms with van der Waals surface area (Å²) >= 11 is 0.324. The van der Waals surface area contributed by atoms with Crippen LogP contribution in [0.4, 0.5) is 14.5 Å². The molecule has 0 bridgehead atoms. The van der Waals surface area contributed by atoms with Gasteiger partial charge in [0.15, 0.2) is 6.61 Å². The van der Waals surface area contributed by atoms with E-state index in [2.05, 4.69) is 10.3 Å². The van der Waals surface area contributed by atoms with Crippen molar-refractivity contribution in [3.63, 3.8) is 0 Å². The maximum absolute atomic E-state index is 12.6. The third kappa shape index (κ3) is 5.01. The number of anilines is 1. The van der Waals surface area contributed by atoms with Gasteiger partial charge in [0.1, 0.15) is 5.69 Å². The lowest BCUT2D eigenvalue weighted by molar-refractivity contribution is -0.119. The first kappa shape index (κ1) is 18.8. The molecule has 3 aromatic rings. The number of nitrogens with one attached hydrogen (secondary N) is 1. The molecule has 1 heterocycles. The van der Waals surface area contributed by atoms with Gasteiger partial charge in [0, 0.05) is 10.3 Å². The molecule has 1 amide bonds. The third-order valence-electron chi connectivity index (χ3n) is 3.52. The fraction of sp³-hybridized carbons (Fsp3) is 0.105. The number of pyridine rings is 1. The van der Waals surface area contributed by atoms with Crippen LogP contribution in [0.15, 0.2) is 65.6 Å². The fourth-order valence-corrected chi connectivity index (χ4v) is 2.93. The average Bonchev–Trinajstić information content (AvgIpc) is 2.67. The average molecular weight is 388 g/mol. The second kappa shape index (κ2) is 8.59. The first-order valence-corrected chi connectivity index (χ1v) is 8.77. The number of amides is 1. The Bertz CT molecular complexity index is 982. The number of para-hydroxylation sites is 2. The lowest BCUT2D eigenvalue weighted by Gasteiger charge is -2.10. The minimum Gasteiger partial charge on any atom is -0.451 e. The number of benzene rings is 2. The molecule has 0 spiro atoms. The van der Waals surface area contributed by atoms with E-state index in [1.807, 2.05) is 12.1 Å². The summed E-state index contributed by atoms with van der Waals surface area (Å²) in [4.78, 5) is 28.5. The summed E-state index contributed by atoms with van der Waals surface area (Å²) in [5, 5.41) is 3.34. The highest BCUT2D eigenvalue weighted by atomic mass is 32.2. The summed E-state index contributed by atoms with van der Waals surface area (Å²) in [5.41, 5.74) is 0.942. The zero-order valence-electron chi connectivity index (χ0n) is 13.9. The van der Waals surface area contributed by atoms with Crippen molar-refractivity contribution in [2.75, 3.05) is 11.9 Å². The summed E-state index contributed by atoms with van der Waals surface area (Å²) in [7, 11) is 0. The lowest BCUT2D eigenvalue weighted by atomic mass is 10.2. The fourth-order valence-electron chi connectivity index (χ4n) is 2.34. The summed E-state index contributed by atoms with van der Waals surface area (Å²) in [6, 6.07) is 16.7. The van der Waals surface area contributed by atoms with Gasteiger partial charge >= 0.3 is 5.97 Å². The van der Waals surface area contributed by atoms with Crippen LogP contribution in [0.3, 0.4) is 0 Å². The predicted octanol–water partition coefficient (Wildman–Crippen LogP) is 4.35. The smallest absolute Gasteiger partial charge is 0.357 e. The van der Waals surface area contributed by atoms with Gasteiger partial charge in [-0.1, -0.05) is 48.2 Å². The summed E-state index contributed by atoms with van der Waals surface area (Å²) < 4.78 is 30.1. The monoisotopic (exact) mass is 388 g/mol. The van der Waals surface area contributed by atoms with Gasteiger partial charge < -0.3 is 10.1 Å². The largest absolute Gasteiger partial charge is 0.451 e. The molecule has 5 nitrogen and oxygen atoms in total. The first-order valence-electron chi connectivity index (χ1n) is 7.89. The molecule has 0 aliphatic rings. The van der Waals surface area contributed by atoms with Crippen LogP contribution in [0.2, 0.25) is 0 Å². The molecule has 0 saturated carbocycles. The topological polar surface area (TPSA) is 68.3 Å². The van der Waals surface area contributed by atoms with E-state index in [4.69, 9.17) is 4.74 Å². The summed E-state index contributed by atoms with van der Waals surface area (Å²) in [6.07, 6.45) is 0. The molecule has 27 heavy (non-hydrogen) atoms. The SMILES string of the molecule is O=C(COC(=O)c1ccc2ccccc2n1)Nc1ccccc1SC(F)F. The van der Waals surface area contributed by atoms with Gasteiger partial charge in [-0.2, -0.15) is 8.78 Å². The number of ether oxygens (including phenoxy) is 1. The van der Waals surface area contributed by atoms with Crippen LogP contribution >= 0.6 is 11.8 Å². The molecule has 0 unspecified atom stereocenters. The summed E-state index contributed by atoms with van der Waals surface area (Å²) in [5.74, 6) is -3.99. The van der Waals surface area contributed by atoms with Gasteiger partial charge in [-0.3, -0.25) is 4.79 Å². The molecule has 0 aliphatic carbocycles. The van der Waals surface area contributed by atoms with E-state index in [0.717, 1.165) is 5.39 Å². The normalized spacial score (nSPS) is 10.8. The van der Waals surface area contributed by atoms with Crippen molar-refractivity contribution < 1.29 is 23.1 Å². The van der Waals surface area contributed by atoms with Crippen molar-refractivity contribution in [1.29, 1.82) is 0 Å². The number of esters is 1. The number of rotatable bonds is 6.